The largest absolute Gasteiger partial charge is 0.476 e. The van der Waals surface area contributed by atoms with E-state index in [0.717, 1.165) is 30.4 Å². The summed E-state index contributed by atoms with van der Waals surface area (Å²) < 4.78 is 12.0. The number of nitrogens with zero attached hydrogens (tertiary/aromatic N) is 4. The summed E-state index contributed by atoms with van der Waals surface area (Å²) in [4.78, 5) is 33.8. The van der Waals surface area contributed by atoms with Gasteiger partial charge < -0.3 is 14.4 Å². The SMILES string of the molecule is O=C(O)c1cnc(N2C(=O)[C@@H]3C[C@H]2C[C@H]3OCc2c(-c3c(Cl)cccc3Cl)noc2C2CC2)cn1. The Labute approximate surface area is 210 Å². The van der Waals surface area contributed by atoms with Crippen molar-refractivity contribution >= 4 is 40.9 Å². The number of carboxylic acids is 1. The van der Waals surface area contributed by atoms with Crippen LogP contribution in [0.3, 0.4) is 0 Å². The molecule has 1 aliphatic heterocycles. The van der Waals surface area contributed by atoms with Gasteiger partial charge in [0.25, 0.3) is 0 Å². The maximum Gasteiger partial charge on any atom is 0.356 e. The van der Waals surface area contributed by atoms with E-state index in [4.69, 9.17) is 37.6 Å². The molecule has 0 unspecified atom stereocenters. The molecule has 2 saturated carbocycles. The number of hydrogen-bond acceptors (Lipinski definition) is 7. The first-order valence-corrected chi connectivity index (χ1v) is 12.1. The molecule has 3 atom stereocenters. The summed E-state index contributed by atoms with van der Waals surface area (Å²) in [5, 5.41) is 14.3. The lowest BCUT2D eigenvalue weighted by Crippen LogP contribution is -2.43. The minimum atomic E-state index is -1.16. The molecule has 3 heterocycles. The van der Waals surface area contributed by atoms with E-state index in [2.05, 4.69) is 15.1 Å². The van der Waals surface area contributed by atoms with Gasteiger partial charge in [-0.15, -0.1) is 0 Å². The highest BCUT2D eigenvalue weighted by Gasteiger charge is 2.52. The van der Waals surface area contributed by atoms with Crippen LogP contribution >= 0.6 is 23.2 Å². The zero-order valence-corrected chi connectivity index (χ0v) is 19.9. The van der Waals surface area contributed by atoms with E-state index in [1.807, 2.05) is 0 Å². The van der Waals surface area contributed by atoms with Crippen molar-refractivity contribution in [3.8, 4) is 11.3 Å². The summed E-state index contributed by atoms with van der Waals surface area (Å²) in [5.74, 6) is -0.107. The molecule has 35 heavy (non-hydrogen) atoms. The second kappa shape index (κ2) is 8.58. The van der Waals surface area contributed by atoms with Crippen LogP contribution in [0.1, 0.15) is 53.4 Å². The summed E-state index contributed by atoms with van der Waals surface area (Å²) >= 11 is 12.9. The van der Waals surface area contributed by atoms with Crippen LogP contribution in [0.2, 0.25) is 10.0 Å². The average molecular weight is 515 g/mol. The lowest BCUT2D eigenvalue weighted by molar-refractivity contribution is -0.126. The fourth-order valence-corrected chi connectivity index (χ4v) is 5.66. The predicted octanol–water partition coefficient (Wildman–Crippen LogP) is 4.72. The highest BCUT2D eigenvalue weighted by molar-refractivity contribution is 6.39. The van der Waals surface area contributed by atoms with Crippen molar-refractivity contribution in [1.29, 1.82) is 0 Å². The van der Waals surface area contributed by atoms with E-state index in [9.17, 15) is 9.59 Å². The minimum absolute atomic E-state index is 0.0784. The number of carbonyl (C=O) groups is 2. The van der Waals surface area contributed by atoms with E-state index < -0.39 is 5.97 Å². The van der Waals surface area contributed by atoms with Gasteiger partial charge in [-0.2, -0.15) is 0 Å². The number of piperidine rings is 1. The van der Waals surface area contributed by atoms with Crippen molar-refractivity contribution in [2.75, 3.05) is 4.90 Å². The summed E-state index contributed by atoms with van der Waals surface area (Å²) in [6.45, 7) is 0.237. The molecule has 3 aliphatic rings. The molecule has 9 nitrogen and oxygen atoms in total. The number of hydrogen-bond donors (Lipinski definition) is 1. The lowest BCUT2D eigenvalue weighted by atomic mass is 10.0. The Balaban J connectivity index is 1.21. The van der Waals surface area contributed by atoms with Gasteiger partial charge in [-0.3, -0.25) is 9.69 Å². The van der Waals surface area contributed by atoms with E-state index in [1.165, 1.54) is 6.20 Å². The summed E-state index contributed by atoms with van der Waals surface area (Å²) in [6, 6.07) is 5.21. The average Bonchev–Trinajstić information content (AvgIpc) is 3.34. The van der Waals surface area contributed by atoms with E-state index in [0.29, 0.717) is 45.9 Å². The third kappa shape index (κ3) is 3.87. The molecule has 6 rings (SSSR count). The topological polar surface area (TPSA) is 119 Å². The van der Waals surface area contributed by atoms with Gasteiger partial charge in [-0.1, -0.05) is 34.4 Å². The predicted molar refractivity (Wildman–Crippen MR) is 126 cm³/mol. The van der Waals surface area contributed by atoms with E-state index in [-0.39, 0.29) is 36.3 Å². The Bertz CT molecular complexity index is 1300. The monoisotopic (exact) mass is 514 g/mol. The molecule has 3 aromatic rings. The smallest absolute Gasteiger partial charge is 0.356 e. The lowest BCUT2D eigenvalue weighted by Gasteiger charge is -2.30. The molecule has 2 bridgehead atoms. The quantitative estimate of drug-likeness (QED) is 0.480. The van der Waals surface area contributed by atoms with E-state index >= 15 is 0 Å². The molecular weight excluding hydrogens is 495 g/mol. The number of aromatic carboxylic acids is 1. The standard InChI is InChI=1S/C24H20Cl2N4O5/c25-15-2-1-3-16(26)20(15)21-14(22(35-29-21)11-4-5-11)10-34-18-7-12-6-13(18)23(31)30(12)19-9-27-17(8-28-19)24(32)33/h1-3,8-9,11-13,18H,4-7,10H2,(H,32,33)/t12-,13+,18+/m0/s1. The minimum Gasteiger partial charge on any atom is -0.476 e. The molecule has 1 amide bonds. The highest BCUT2D eigenvalue weighted by Crippen LogP contribution is 2.47. The van der Waals surface area contributed by atoms with Gasteiger partial charge in [0.05, 0.1) is 41.1 Å². The third-order valence-corrected chi connectivity index (χ3v) is 7.54. The number of fused-ring (bicyclic) bond motifs is 2. The van der Waals surface area contributed by atoms with Crippen molar-refractivity contribution in [1.82, 2.24) is 15.1 Å². The molecule has 11 heteroatoms. The van der Waals surface area contributed by atoms with Crippen molar-refractivity contribution < 1.29 is 24.0 Å². The number of carbonyl (C=O) groups excluding carboxylic acids is 1. The van der Waals surface area contributed by atoms with Gasteiger partial charge in [-0.05, 0) is 37.8 Å². The number of halogens is 2. The maximum atomic E-state index is 13.1. The number of anilines is 1. The van der Waals surface area contributed by atoms with Crippen molar-refractivity contribution in [3.63, 3.8) is 0 Å². The number of carboxylic acid groups (broad SMARTS) is 1. The van der Waals surface area contributed by atoms with Crippen LogP contribution in [0.5, 0.6) is 0 Å². The number of benzene rings is 1. The van der Waals surface area contributed by atoms with Gasteiger partial charge >= 0.3 is 5.97 Å². The Morgan fingerprint density at radius 3 is 2.57 bits per heavy atom. The number of amides is 1. The molecule has 2 aromatic heterocycles. The zero-order chi connectivity index (χ0) is 24.3. The number of aromatic nitrogens is 3. The van der Waals surface area contributed by atoms with Crippen LogP contribution in [0.4, 0.5) is 5.82 Å². The Morgan fingerprint density at radius 2 is 1.94 bits per heavy atom. The molecular formula is C24H20Cl2N4O5. The van der Waals surface area contributed by atoms with Crippen LogP contribution < -0.4 is 4.90 Å². The first kappa shape index (κ1) is 22.5. The first-order valence-electron chi connectivity index (χ1n) is 11.3. The fraction of sp³-hybridized carbons (Fsp3) is 0.375. The van der Waals surface area contributed by atoms with Crippen molar-refractivity contribution in [2.45, 2.75) is 50.4 Å². The van der Waals surface area contributed by atoms with Gasteiger partial charge in [0.1, 0.15) is 11.5 Å². The molecule has 0 spiro atoms. The molecule has 1 aromatic carbocycles. The van der Waals surface area contributed by atoms with Gasteiger partial charge in [0, 0.05) is 23.1 Å². The number of ether oxygens (including phenoxy) is 1. The normalized spacial score (nSPS) is 23.3. The molecule has 1 saturated heterocycles. The zero-order valence-electron chi connectivity index (χ0n) is 18.4. The van der Waals surface area contributed by atoms with Gasteiger partial charge in [0.2, 0.25) is 5.91 Å². The van der Waals surface area contributed by atoms with Crippen molar-refractivity contribution in [2.24, 2.45) is 5.92 Å². The van der Waals surface area contributed by atoms with Crippen LogP contribution in [-0.4, -0.2) is 44.3 Å². The third-order valence-electron chi connectivity index (χ3n) is 6.91. The summed E-state index contributed by atoms with van der Waals surface area (Å²) in [7, 11) is 0. The Morgan fingerprint density at radius 1 is 1.17 bits per heavy atom. The fourth-order valence-electron chi connectivity index (χ4n) is 5.08. The Kier molecular flexibility index (Phi) is 5.51. The van der Waals surface area contributed by atoms with Crippen LogP contribution in [0, 0.1) is 5.92 Å². The molecule has 180 valence electrons. The number of rotatable bonds is 7. The summed E-state index contributed by atoms with van der Waals surface area (Å²) in [6.07, 6.45) is 5.59. The van der Waals surface area contributed by atoms with Crippen LogP contribution in [0.15, 0.2) is 35.1 Å². The van der Waals surface area contributed by atoms with Crippen molar-refractivity contribution in [3.05, 3.63) is 57.7 Å². The highest BCUT2D eigenvalue weighted by atomic mass is 35.5. The molecule has 3 fully saturated rings. The van der Waals surface area contributed by atoms with Gasteiger partial charge in [-0.25, -0.2) is 14.8 Å². The first-order chi connectivity index (χ1) is 16.9. The molecule has 1 N–H and O–H groups in total. The van der Waals surface area contributed by atoms with E-state index in [1.54, 1.807) is 23.1 Å². The van der Waals surface area contributed by atoms with Gasteiger partial charge in [0.15, 0.2) is 11.5 Å². The Hall–Kier alpha value is -3.01. The summed E-state index contributed by atoms with van der Waals surface area (Å²) in [5.41, 5.74) is 1.85. The van der Waals surface area contributed by atoms with Crippen LogP contribution in [0.25, 0.3) is 11.3 Å². The second-order valence-electron chi connectivity index (χ2n) is 9.10. The maximum absolute atomic E-state index is 13.1. The molecule has 2 aliphatic carbocycles. The second-order valence-corrected chi connectivity index (χ2v) is 9.91. The van der Waals surface area contributed by atoms with Crippen LogP contribution in [-0.2, 0) is 16.1 Å². The molecule has 0 radical (unpaired) electrons.